The Morgan fingerprint density at radius 3 is 2.57 bits per heavy atom. The van der Waals surface area contributed by atoms with Gasteiger partial charge < -0.3 is 9.64 Å². The maximum atomic E-state index is 13.1. The van der Waals surface area contributed by atoms with Crippen molar-refractivity contribution in [1.29, 1.82) is 0 Å². The predicted octanol–water partition coefficient (Wildman–Crippen LogP) is 3.87. The zero-order chi connectivity index (χ0) is 21.3. The smallest absolute Gasteiger partial charge is 0.194 e. The second kappa shape index (κ2) is 8.62. The highest BCUT2D eigenvalue weighted by atomic mass is 32.1. The first-order chi connectivity index (χ1) is 14.5. The van der Waals surface area contributed by atoms with Gasteiger partial charge >= 0.3 is 0 Å². The fourth-order valence-electron chi connectivity index (χ4n) is 4.04. The Labute approximate surface area is 181 Å². The quantitative estimate of drug-likeness (QED) is 0.562. The Bertz CT molecular complexity index is 1050. The van der Waals surface area contributed by atoms with Gasteiger partial charge in [0.15, 0.2) is 10.9 Å². The number of carbonyl (C=O) groups is 1. The minimum absolute atomic E-state index is 0.178. The molecule has 2 aromatic heterocycles. The summed E-state index contributed by atoms with van der Waals surface area (Å²) in [6, 6.07) is 10.2. The molecule has 0 atom stereocenters. The molecule has 7 heteroatoms. The maximum absolute atomic E-state index is 13.1. The van der Waals surface area contributed by atoms with Crippen LogP contribution in [0.3, 0.4) is 0 Å². The molecule has 0 spiro atoms. The zero-order valence-corrected chi connectivity index (χ0v) is 18.8. The van der Waals surface area contributed by atoms with Crippen LogP contribution in [-0.4, -0.2) is 60.1 Å². The summed E-state index contributed by atoms with van der Waals surface area (Å²) in [6.45, 7) is 10.0. The van der Waals surface area contributed by atoms with Gasteiger partial charge in [-0.05, 0) is 39.0 Å². The second-order valence-electron chi connectivity index (χ2n) is 7.78. The molecule has 3 heterocycles. The third kappa shape index (κ3) is 4.13. The van der Waals surface area contributed by atoms with Gasteiger partial charge in [0, 0.05) is 60.3 Å². The summed E-state index contributed by atoms with van der Waals surface area (Å²) < 4.78 is 7.43. The van der Waals surface area contributed by atoms with Crippen LogP contribution in [0.4, 0.5) is 5.69 Å². The van der Waals surface area contributed by atoms with Gasteiger partial charge in [-0.15, -0.1) is 11.3 Å². The van der Waals surface area contributed by atoms with E-state index in [2.05, 4.69) is 31.5 Å². The lowest BCUT2D eigenvalue weighted by Crippen LogP contribution is -2.48. The molecule has 0 radical (unpaired) electrons. The Morgan fingerprint density at radius 1 is 1.13 bits per heavy atom. The van der Waals surface area contributed by atoms with E-state index < -0.39 is 0 Å². The molecule has 1 aliphatic heterocycles. The molecule has 1 aliphatic rings. The van der Waals surface area contributed by atoms with Gasteiger partial charge in [-0.1, -0.05) is 6.07 Å². The number of rotatable bonds is 6. The minimum Gasteiger partial charge on any atom is -0.497 e. The molecule has 0 bridgehead atoms. The first-order valence-corrected chi connectivity index (χ1v) is 11.1. The van der Waals surface area contributed by atoms with E-state index in [1.165, 1.54) is 5.69 Å². The van der Waals surface area contributed by atoms with E-state index >= 15 is 0 Å². The highest BCUT2D eigenvalue weighted by molar-refractivity contribution is 7.12. The summed E-state index contributed by atoms with van der Waals surface area (Å²) in [6.07, 6.45) is 0. The first-order valence-electron chi connectivity index (χ1n) is 10.2. The number of thiazole rings is 1. The Balaban J connectivity index is 1.41. The van der Waals surface area contributed by atoms with Crippen LogP contribution in [0.25, 0.3) is 5.13 Å². The molecule has 0 amide bonds. The molecular formula is C23H28N4O2S. The van der Waals surface area contributed by atoms with Crippen molar-refractivity contribution in [3.63, 3.8) is 0 Å². The number of benzene rings is 1. The van der Waals surface area contributed by atoms with Gasteiger partial charge in [-0.3, -0.25) is 14.3 Å². The van der Waals surface area contributed by atoms with E-state index in [0.29, 0.717) is 6.54 Å². The summed E-state index contributed by atoms with van der Waals surface area (Å²) in [5.74, 6) is 1.05. The van der Waals surface area contributed by atoms with Crippen LogP contribution >= 0.6 is 11.3 Å². The number of aromatic nitrogens is 2. The standard InChI is InChI=1S/C23H28N4O2S/c1-16-15-30-23(24-16)27-17(2)12-21(18(27)3)22(28)14-25-8-10-26(11-9-25)19-6-5-7-20(13-19)29-4/h5-7,12-13,15H,8-11,14H2,1-4H3. The van der Waals surface area contributed by atoms with Crippen LogP contribution in [0.1, 0.15) is 27.4 Å². The monoisotopic (exact) mass is 424 g/mol. The molecule has 0 N–H and O–H groups in total. The lowest BCUT2D eigenvalue weighted by molar-refractivity contribution is 0.0926. The van der Waals surface area contributed by atoms with Crippen molar-refractivity contribution < 1.29 is 9.53 Å². The highest BCUT2D eigenvalue weighted by Crippen LogP contribution is 2.25. The number of Topliss-reactive ketones (excluding diaryl/α,β-unsaturated/α-hetero) is 1. The third-order valence-corrected chi connectivity index (χ3v) is 6.63. The topological polar surface area (TPSA) is 50.6 Å². The summed E-state index contributed by atoms with van der Waals surface area (Å²) in [5.41, 5.74) is 5.00. The van der Waals surface area contributed by atoms with E-state index in [4.69, 9.17) is 4.74 Å². The maximum Gasteiger partial charge on any atom is 0.194 e. The first kappa shape index (κ1) is 20.6. The molecule has 4 rings (SSSR count). The number of methoxy groups -OCH3 is 1. The second-order valence-corrected chi connectivity index (χ2v) is 8.62. The fraction of sp³-hybridized carbons (Fsp3) is 0.391. The van der Waals surface area contributed by atoms with Crippen LogP contribution < -0.4 is 9.64 Å². The number of piperazine rings is 1. The molecule has 3 aromatic rings. The molecule has 158 valence electrons. The van der Waals surface area contributed by atoms with E-state index in [0.717, 1.165) is 59.7 Å². The Kier molecular flexibility index (Phi) is 5.92. The lowest BCUT2D eigenvalue weighted by atomic mass is 10.1. The number of carbonyl (C=O) groups excluding carboxylic acids is 1. The van der Waals surface area contributed by atoms with E-state index in [1.54, 1.807) is 18.4 Å². The molecule has 6 nitrogen and oxygen atoms in total. The molecular weight excluding hydrogens is 396 g/mol. The molecule has 1 fully saturated rings. The van der Waals surface area contributed by atoms with Gasteiger partial charge in [-0.2, -0.15) is 0 Å². The summed E-state index contributed by atoms with van der Waals surface area (Å²) in [5, 5.41) is 2.96. The van der Waals surface area contributed by atoms with Gasteiger partial charge in [0.25, 0.3) is 0 Å². The van der Waals surface area contributed by atoms with Crippen molar-refractivity contribution in [1.82, 2.24) is 14.5 Å². The molecule has 30 heavy (non-hydrogen) atoms. The summed E-state index contributed by atoms with van der Waals surface area (Å²) >= 11 is 1.61. The van der Waals surface area contributed by atoms with Crippen molar-refractivity contribution in [3.05, 3.63) is 58.4 Å². The minimum atomic E-state index is 0.178. The van der Waals surface area contributed by atoms with Crippen LogP contribution in [0.2, 0.25) is 0 Å². The van der Waals surface area contributed by atoms with E-state index in [-0.39, 0.29) is 5.78 Å². The number of ether oxygens (including phenoxy) is 1. The predicted molar refractivity (Wildman–Crippen MR) is 122 cm³/mol. The van der Waals surface area contributed by atoms with E-state index in [1.807, 2.05) is 44.4 Å². The number of nitrogens with zero attached hydrogens (tertiary/aromatic N) is 4. The average molecular weight is 425 g/mol. The lowest BCUT2D eigenvalue weighted by Gasteiger charge is -2.35. The zero-order valence-electron chi connectivity index (χ0n) is 18.0. The highest BCUT2D eigenvalue weighted by Gasteiger charge is 2.23. The van der Waals surface area contributed by atoms with Crippen molar-refractivity contribution in [2.24, 2.45) is 0 Å². The van der Waals surface area contributed by atoms with Crippen LogP contribution in [0, 0.1) is 20.8 Å². The van der Waals surface area contributed by atoms with Crippen molar-refractivity contribution in [2.75, 3.05) is 44.7 Å². The Hall–Kier alpha value is -2.64. The molecule has 0 aliphatic carbocycles. The molecule has 1 aromatic carbocycles. The number of anilines is 1. The largest absolute Gasteiger partial charge is 0.497 e. The number of hydrogen-bond acceptors (Lipinski definition) is 6. The Morgan fingerprint density at radius 2 is 1.90 bits per heavy atom. The van der Waals surface area contributed by atoms with Crippen LogP contribution in [-0.2, 0) is 0 Å². The normalized spacial score (nSPS) is 14.9. The van der Waals surface area contributed by atoms with Gasteiger partial charge in [0.2, 0.25) is 0 Å². The third-order valence-electron chi connectivity index (χ3n) is 5.69. The SMILES string of the molecule is COc1cccc(N2CCN(CC(=O)c3cc(C)n(-c4nc(C)cs4)c3C)CC2)c1. The molecule has 0 unspecified atom stereocenters. The van der Waals surface area contributed by atoms with Crippen molar-refractivity contribution in [2.45, 2.75) is 20.8 Å². The van der Waals surface area contributed by atoms with E-state index in [9.17, 15) is 4.79 Å². The summed E-state index contributed by atoms with van der Waals surface area (Å²) in [4.78, 5) is 22.3. The molecule has 0 saturated carbocycles. The van der Waals surface area contributed by atoms with Gasteiger partial charge in [-0.25, -0.2) is 4.98 Å². The average Bonchev–Trinajstić information content (AvgIpc) is 3.30. The fourth-order valence-corrected chi connectivity index (χ4v) is 4.96. The van der Waals surface area contributed by atoms with Gasteiger partial charge in [0.05, 0.1) is 19.3 Å². The van der Waals surface area contributed by atoms with Crippen molar-refractivity contribution >= 4 is 22.8 Å². The van der Waals surface area contributed by atoms with Crippen molar-refractivity contribution in [3.8, 4) is 10.9 Å². The number of ketones is 1. The van der Waals surface area contributed by atoms with Gasteiger partial charge in [0.1, 0.15) is 5.75 Å². The van der Waals surface area contributed by atoms with Crippen LogP contribution in [0.15, 0.2) is 35.7 Å². The summed E-state index contributed by atoms with van der Waals surface area (Å²) in [7, 11) is 1.69. The number of aryl methyl sites for hydroxylation is 2. The van der Waals surface area contributed by atoms with Crippen LogP contribution in [0.5, 0.6) is 5.75 Å². The number of hydrogen-bond donors (Lipinski definition) is 0. The molecule has 1 saturated heterocycles.